The molecule has 0 heterocycles. The minimum atomic E-state index is 0.000451. The zero-order chi connectivity index (χ0) is 16.8. The Morgan fingerprint density at radius 3 is 2.26 bits per heavy atom. The third kappa shape index (κ3) is 4.74. The number of hydrogen-bond donors (Lipinski definition) is 1. The van der Waals surface area contributed by atoms with E-state index in [9.17, 15) is 4.79 Å². The fraction of sp³-hybridized carbons (Fsp3) is 0.316. The van der Waals surface area contributed by atoms with Gasteiger partial charge in [0.1, 0.15) is 11.5 Å². The molecule has 1 amide bonds. The molecule has 0 aliphatic heterocycles. The van der Waals surface area contributed by atoms with Crippen LogP contribution in [0.4, 0.5) is 5.69 Å². The Kier molecular flexibility index (Phi) is 5.63. The van der Waals surface area contributed by atoms with Crippen molar-refractivity contribution in [3.05, 3.63) is 53.1 Å². The van der Waals surface area contributed by atoms with Gasteiger partial charge in [-0.3, -0.25) is 4.79 Å². The molecule has 0 radical (unpaired) electrons. The number of methoxy groups -OCH3 is 2. The number of aryl methyl sites for hydroxylation is 3. The summed E-state index contributed by atoms with van der Waals surface area (Å²) in [4.78, 5) is 12.2. The summed E-state index contributed by atoms with van der Waals surface area (Å²) < 4.78 is 10.5. The maximum atomic E-state index is 12.2. The molecule has 0 saturated carbocycles. The second-order valence-electron chi connectivity index (χ2n) is 5.59. The summed E-state index contributed by atoms with van der Waals surface area (Å²) in [5, 5.41) is 2.98. The lowest BCUT2D eigenvalue weighted by atomic mass is 10.1. The molecule has 4 heteroatoms. The van der Waals surface area contributed by atoms with E-state index in [-0.39, 0.29) is 5.91 Å². The lowest BCUT2D eigenvalue weighted by molar-refractivity contribution is -0.116. The molecule has 0 unspecified atom stereocenters. The highest BCUT2D eigenvalue weighted by molar-refractivity contribution is 5.91. The number of amides is 1. The molecule has 0 bridgehead atoms. The summed E-state index contributed by atoms with van der Waals surface area (Å²) in [5.74, 6) is 1.46. The Morgan fingerprint density at radius 1 is 1.00 bits per heavy atom. The van der Waals surface area contributed by atoms with Crippen LogP contribution in [-0.2, 0) is 11.2 Å². The zero-order valence-electron chi connectivity index (χ0n) is 14.1. The summed E-state index contributed by atoms with van der Waals surface area (Å²) in [7, 11) is 3.23. The van der Waals surface area contributed by atoms with Crippen LogP contribution in [0, 0.1) is 13.8 Å². The van der Waals surface area contributed by atoms with E-state index < -0.39 is 0 Å². The third-order valence-electron chi connectivity index (χ3n) is 3.72. The molecular formula is C19H23NO3. The largest absolute Gasteiger partial charge is 0.497 e. The smallest absolute Gasteiger partial charge is 0.224 e. The topological polar surface area (TPSA) is 47.6 Å². The zero-order valence-corrected chi connectivity index (χ0v) is 14.1. The first kappa shape index (κ1) is 16.9. The van der Waals surface area contributed by atoms with Gasteiger partial charge in [0, 0.05) is 18.2 Å². The van der Waals surface area contributed by atoms with E-state index in [0.717, 1.165) is 33.9 Å². The van der Waals surface area contributed by atoms with Gasteiger partial charge in [0.2, 0.25) is 5.91 Å². The minimum Gasteiger partial charge on any atom is -0.497 e. The summed E-state index contributed by atoms with van der Waals surface area (Å²) in [6.45, 7) is 4.00. The van der Waals surface area contributed by atoms with Crippen molar-refractivity contribution in [3.63, 3.8) is 0 Å². The van der Waals surface area contributed by atoms with Crippen LogP contribution < -0.4 is 14.8 Å². The van der Waals surface area contributed by atoms with Crippen LogP contribution in [0.3, 0.4) is 0 Å². The van der Waals surface area contributed by atoms with Crippen molar-refractivity contribution in [1.29, 1.82) is 0 Å². The van der Waals surface area contributed by atoms with Crippen LogP contribution in [0.25, 0.3) is 0 Å². The van der Waals surface area contributed by atoms with Gasteiger partial charge in [-0.1, -0.05) is 12.1 Å². The number of hydrogen-bond acceptors (Lipinski definition) is 3. The van der Waals surface area contributed by atoms with Crippen LogP contribution in [0.15, 0.2) is 36.4 Å². The van der Waals surface area contributed by atoms with Crippen LogP contribution in [0.5, 0.6) is 11.5 Å². The summed E-state index contributed by atoms with van der Waals surface area (Å²) in [5.41, 5.74) is 4.07. The molecule has 2 aromatic rings. The number of nitrogens with one attached hydrogen (secondary N) is 1. The average molecular weight is 313 g/mol. The number of carbonyl (C=O) groups excluding carboxylic acids is 1. The van der Waals surface area contributed by atoms with E-state index in [0.29, 0.717) is 12.8 Å². The first-order chi connectivity index (χ1) is 11.0. The fourth-order valence-corrected chi connectivity index (χ4v) is 2.35. The SMILES string of the molecule is COc1cc(CCC(=O)Nc2cc(C)ccc2C)cc(OC)c1. The quantitative estimate of drug-likeness (QED) is 0.880. The second kappa shape index (κ2) is 7.68. The van der Waals surface area contributed by atoms with E-state index in [1.807, 2.05) is 50.2 Å². The van der Waals surface area contributed by atoms with Gasteiger partial charge < -0.3 is 14.8 Å². The Morgan fingerprint density at radius 2 is 1.65 bits per heavy atom. The summed E-state index contributed by atoms with van der Waals surface area (Å²) in [6, 6.07) is 11.7. The third-order valence-corrected chi connectivity index (χ3v) is 3.72. The molecule has 1 N–H and O–H groups in total. The Labute approximate surface area is 137 Å². The van der Waals surface area contributed by atoms with E-state index in [1.165, 1.54) is 0 Å². The van der Waals surface area contributed by atoms with Gasteiger partial charge in [-0.2, -0.15) is 0 Å². The molecule has 2 aromatic carbocycles. The van der Waals surface area contributed by atoms with E-state index >= 15 is 0 Å². The highest BCUT2D eigenvalue weighted by Gasteiger charge is 2.08. The van der Waals surface area contributed by atoms with Crippen LogP contribution in [-0.4, -0.2) is 20.1 Å². The molecule has 0 spiro atoms. The van der Waals surface area contributed by atoms with Crippen molar-refractivity contribution < 1.29 is 14.3 Å². The molecule has 0 aliphatic rings. The molecule has 4 nitrogen and oxygen atoms in total. The van der Waals surface area contributed by atoms with E-state index in [2.05, 4.69) is 5.32 Å². The van der Waals surface area contributed by atoms with E-state index in [4.69, 9.17) is 9.47 Å². The highest BCUT2D eigenvalue weighted by atomic mass is 16.5. The van der Waals surface area contributed by atoms with Gasteiger partial charge >= 0.3 is 0 Å². The predicted molar refractivity (Wildman–Crippen MR) is 92.4 cm³/mol. The van der Waals surface area contributed by atoms with Crippen LogP contribution >= 0.6 is 0 Å². The first-order valence-electron chi connectivity index (χ1n) is 7.61. The molecule has 122 valence electrons. The van der Waals surface area contributed by atoms with E-state index in [1.54, 1.807) is 14.2 Å². The standard InChI is InChI=1S/C19H23NO3/c1-13-5-6-14(2)18(9-13)20-19(21)8-7-15-10-16(22-3)12-17(11-15)23-4/h5-6,9-12H,7-8H2,1-4H3,(H,20,21). The monoisotopic (exact) mass is 313 g/mol. The van der Waals surface area contributed by atoms with Gasteiger partial charge in [0.05, 0.1) is 14.2 Å². The van der Waals surface area contributed by atoms with Crippen LogP contribution in [0.1, 0.15) is 23.1 Å². The number of carbonyl (C=O) groups is 1. The molecular weight excluding hydrogens is 290 g/mol. The highest BCUT2D eigenvalue weighted by Crippen LogP contribution is 2.23. The average Bonchev–Trinajstić information content (AvgIpc) is 2.56. The molecule has 0 saturated heterocycles. The van der Waals surface area contributed by atoms with Gasteiger partial charge in [-0.15, -0.1) is 0 Å². The predicted octanol–water partition coefficient (Wildman–Crippen LogP) is 3.89. The van der Waals surface area contributed by atoms with Gasteiger partial charge in [-0.25, -0.2) is 0 Å². The van der Waals surface area contributed by atoms with Crippen molar-refractivity contribution in [2.45, 2.75) is 26.7 Å². The fourth-order valence-electron chi connectivity index (χ4n) is 2.35. The van der Waals surface area contributed by atoms with Crippen molar-refractivity contribution in [2.75, 3.05) is 19.5 Å². The second-order valence-corrected chi connectivity index (χ2v) is 5.59. The van der Waals surface area contributed by atoms with Crippen molar-refractivity contribution >= 4 is 11.6 Å². The molecule has 2 rings (SSSR count). The van der Waals surface area contributed by atoms with Crippen LogP contribution in [0.2, 0.25) is 0 Å². The molecule has 0 fully saturated rings. The molecule has 0 atom stereocenters. The van der Waals surface area contributed by atoms with Gasteiger partial charge in [0.15, 0.2) is 0 Å². The lowest BCUT2D eigenvalue weighted by Crippen LogP contribution is -2.13. The number of rotatable bonds is 6. The van der Waals surface area contributed by atoms with Gasteiger partial charge in [-0.05, 0) is 55.2 Å². The maximum Gasteiger partial charge on any atom is 0.224 e. The lowest BCUT2D eigenvalue weighted by Gasteiger charge is -2.10. The summed E-state index contributed by atoms with van der Waals surface area (Å²) in [6.07, 6.45) is 1.04. The Hall–Kier alpha value is -2.49. The number of benzene rings is 2. The molecule has 23 heavy (non-hydrogen) atoms. The van der Waals surface area contributed by atoms with Crippen molar-refractivity contribution in [2.24, 2.45) is 0 Å². The van der Waals surface area contributed by atoms with Gasteiger partial charge in [0.25, 0.3) is 0 Å². The Bertz CT molecular complexity index is 673. The molecule has 0 aromatic heterocycles. The maximum absolute atomic E-state index is 12.2. The molecule has 0 aliphatic carbocycles. The summed E-state index contributed by atoms with van der Waals surface area (Å²) >= 11 is 0. The first-order valence-corrected chi connectivity index (χ1v) is 7.61. The van der Waals surface area contributed by atoms with Crippen molar-refractivity contribution in [3.8, 4) is 11.5 Å². The number of ether oxygens (including phenoxy) is 2. The number of anilines is 1. The van der Waals surface area contributed by atoms with Crippen molar-refractivity contribution in [1.82, 2.24) is 0 Å². The Balaban J connectivity index is 2.00. The minimum absolute atomic E-state index is 0.000451. The normalized spacial score (nSPS) is 10.3.